The Morgan fingerprint density at radius 2 is 1.83 bits per heavy atom. The Morgan fingerprint density at radius 1 is 1.17 bits per heavy atom. The van der Waals surface area contributed by atoms with E-state index in [-0.39, 0.29) is 18.7 Å². The molecule has 0 aliphatic carbocycles. The van der Waals surface area contributed by atoms with Crippen LogP contribution in [0.5, 0.6) is 0 Å². The zero-order valence-corrected chi connectivity index (χ0v) is 17.0. The molecule has 29 heavy (non-hydrogen) atoms. The molecule has 2 aromatic rings. The van der Waals surface area contributed by atoms with E-state index >= 15 is 0 Å². The number of hydrogen-bond donors (Lipinski definition) is 0. The maximum absolute atomic E-state index is 12.8. The number of fused-ring (bicyclic) bond motifs is 1. The fourth-order valence-corrected chi connectivity index (χ4v) is 4.13. The van der Waals surface area contributed by atoms with Crippen molar-refractivity contribution >= 4 is 16.1 Å². The van der Waals surface area contributed by atoms with Gasteiger partial charge < -0.3 is 4.74 Å². The van der Waals surface area contributed by atoms with Crippen LogP contribution in [0.25, 0.3) is 0 Å². The van der Waals surface area contributed by atoms with Gasteiger partial charge in [-0.15, -0.1) is 0 Å². The summed E-state index contributed by atoms with van der Waals surface area (Å²) in [5, 5.41) is 7.07. The number of alkyl halides is 3. The lowest BCUT2D eigenvalue weighted by atomic mass is 10.2. The maximum atomic E-state index is 12.8. The molecule has 2 aromatic heterocycles. The highest BCUT2D eigenvalue weighted by molar-refractivity contribution is 7.89. The van der Waals surface area contributed by atoms with E-state index in [9.17, 15) is 26.4 Å². The number of aromatic nitrogens is 4. The van der Waals surface area contributed by atoms with E-state index in [1.165, 1.54) is 18.0 Å². The molecule has 9 nitrogen and oxygen atoms in total. The number of nitrogens with zero attached hydrogens (tertiary/aromatic N) is 5. The molecule has 0 fully saturated rings. The average molecular weight is 435 g/mol. The molecule has 0 bridgehead atoms. The number of aryl methyl sites for hydroxylation is 1. The van der Waals surface area contributed by atoms with Gasteiger partial charge >= 0.3 is 22.3 Å². The zero-order chi connectivity index (χ0) is 21.8. The van der Waals surface area contributed by atoms with Crippen LogP contribution in [0.1, 0.15) is 37.6 Å². The first-order chi connectivity index (χ1) is 13.2. The average Bonchev–Trinajstić information content (AvgIpc) is 3.16. The van der Waals surface area contributed by atoms with Gasteiger partial charge in [-0.3, -0.25) is 9.58 Å². The Labute approximate surface area is 165 Å². The smallest absolute Gasteiger partial charge is 0.410 e. The van der Waals surface area contributed by atoms with Gasteiger partial charge in [0.1, 0.15) is 12.1 Å². The predicted octanol–water partition coefficient (Wildman–Crippen LogP) is 2.44. The van der Waals surface area contributed by atoms with Gasteiger partial charge in [0, 0.05) is 23.5 Å². The van der Waals surface area contributed by atoms with Crippen molar-refractivity contribution in [1.82, 2.24) is 23.9 Å². The maximum Gasteiger partial charge on any atom is 0.410 e. The standard InChI is InChI=1S/C16H20F3N5O4S/c1-10-5-23(9-16(17,18)19)21-13(10)29(26,27)24-7-11-6-22(8-12(11)20-24)14(25)28-15(2,3)4/h5,7H,6,8-9H2,1-4H3. The van der Waals surface area contributed by atoms with Crippen molar-refractivity contribution in [3.63, 3.8) is 0 Å². The molecule has 1 aliphatic rings. The summed E-state index contributed by atoms with van der Waals surface area (Å²) < 4.78 is 69.7. The first kappa shape index (κ1) is 21.1. The molecule has 0 spiro atoms. The van der Waals surface area contributed by atoms with Crippen LogP contribution >= 0.6 is 0 Å². The van der Waals surface area contributed by atoms with E-state index in [1.54, 1.807) is 20.8 Å². The van der Waals surface area contributed by atoms with Crippen LogP contribution in [0, 0.1) is 6.92 Å². The fraction of sp³-hybridized carbons (Fsp3) is 0.562. The molecule has 1 amide bonds. The second-order valence-corrected chi connectivity index (χ2v) is 9.46. The topological polar surface area (TPSA) is 99.3 Å². The summed E-state index contributed by atoms with van der Waals surface area (Å²) in [4.78, 5) is 13.5. The summed E-state index contributed by atoms with van der Waals surface area (Å²) in [5.74, 6) is 0. The number of halogens is 3. The monoisotopic (exact) mass is 435 g/mol. The van der Waals surface area contributed by atoms with Crippen LogP contribution in [-0.4, -0.2) is 50.2 Å². The Bertz CT molecular complexity index is 1030. The van der Waals surface area contributed by atoms with Crippen molar-refractivity contribution in [2.24, 2.45) is 0 Å². The number of carbonyl (C=O) groups excluding carboxylic acids is 1. The summed E-state index contributed by atoms with van der Waals surface area (Å²) >= 11 is 0. The van der Waals surface area contributed by atoms with Crippen molar-refractivity contribution in [2.45, 2.75) is 64.1 Å². The van der Waals surface area contributed by atoms with Crippen molar-refractivity contribution < 1.29 is 31.1 Å². The third kappa shape index (κ3) is 4.54. The molecule has 0 unspecified atom stereocenters. The van der Waals surface area contributed by atoms with Gasteiger partial charge in [-0.05, 0) is 27.7 Å². The molecular weight excluding hydrogens is 415 g/mol. The Hall–Kier alpha value is -2.57. The third-order valence-electron chi connectivity index (χ3n) is 3.94. The summed E-state index contributed by atoms with van der Waals surface area (Å²) in [6.45, 7) is 5.32. The predicted molar refractivity (Wildman–Crippen MR) is 93.3 cm³/mol. The van der Waals surface area contributed by atoms with Gasteiger partial charge in [-0.2, -0.15) is 35.9 Å². The number of carbonyl (C=O) groups is 1. The second-order valence-electron chi connectivity index (χ2n) is 7.75. The van der Waals surface area contributed by atoms with Crippen LogP contribution in [0.3, 0.4) is 0 Å². The van der Waals surface area contributed by atoms with Crippen LogP contribution in [0.2, 0.25) is 0 Å². The van der Waals surface area contributed by atoms with E-state index in [4.69, 9.17) is 4.74 Å². The van der Waals surface area contributed by atoms with Crippen molar-refractivity contribution in [1.29, 1.82) is 0 Å². The molecule has 0 N–H and O–H groups in total. The van der Waals surface area contributed by atoms with E-state index in [0.717, 1.165) is 6.20 Å². The van der Waals surface area contributed by atoms with Gasteiger partial charge in [0.15, 0.2) is 0 Å². The molecule has 0 aromatic carbocycles. The van der Waals surface area contributed by atoms with Crippen LogP contribution in [0.15, 0.2) is 17.4 Å². The molecule has 3 heterocycles. The van der Waals surface area contributed by atoms with Gasteiger partial charge in [0.25, 0.3) is 0 Å². The van der Waals surface area contributed by atoms with Crippen LogP contribution in [-0.2, 0) is 34.4 Å². The third-order valence-corrected chi connectivity index (χ3v) is 5.51. The normalized spacial score (nSPS) is 14.9. The zero-order valence-electron chi connectivity index (χ0n) is 16.2. The van der Waals surface area contributed by atoms with Gasteiger partial charge in [-0.25, -0.2) is 4.79 Å². The minimum Gasteiger partial charge on any atom is -0.444 e. The Kier molecular flexibility index (Phi) is 4.92. The first-order valence-corrected chi connectivity index (χ1v) is 10.0. The lowest BCUT2D eigenvalue weighted by Crippen LogP contribution is -2.33. The SMILES string of the molecule is Cc1cn(CC(F)(F)F)nc1S(=O)(=O)n1cc2c(n1)CN(C(=O)OC(C)(C)C)C2. The summed E-state index contributed by atoms with van der Waals surface area (Å²) in [5.41, 5.74) is 0.270. The Balaban J connectivity index is 1.81. The van der Waals surface area contributed by atoms with Crippen molar-refractivity contribution in [3.8, 4) is 0 Å². The number of hydrogen-bond acceptors (Lipinski definition) is 6. The quantitative estimate of drug-likeness (QED) is 0.734. The fourth-order valence-electron chi connectivity index (χ4n) is 2.82. The number of ether oxygens (including phenoxy) is 1. The van der Waals surface area contributed by atoms with E-state index < -0.39 is 39.5 Å². The van der Waals surface area contributed by atoms with Gasteiger partial charge in [0.05, 0.1) is 18.8 Å². The van der Waals surface area contributed by atoms with E-state index in [2.05, 4.69) is 10.2 Å². The molecular formula is C16H20F3N5O4S. The van der Waals surface area contributed by atoms with E-state index in [0.29, 0.717) is 20.0 Å². The largest absolute Gasteiger partial charge is 0.444 e. The highest BCUT2D eigenvalue weighted by Gasteiger charge is 2.34. The lowest BCUT2D eigenvalue weighted by molar-refractivity contribution is -0.142. The van der Waals surface area contributed by atoms with Crippen molar-refractivity contribution in [2.75, 3.05) is 0 Å². The van der Waals surface area contributed by atoms with E-state index in [1.807, 2.05) is 0 Å². The molecule has 160 valence electrons. The summed E-state index contributed by atoms with van der Waals surface area (Å²) in [6, 6.07) is 0. The molecule has 1 aliphatic heterocycles. The Morgan fingerprint density at radius 3 is 2.38 bits per heavy atom. The molecule has 0 saturated heterocycles. The van der Waals surface area contributed by atoms with Crippen LogP contribution in [0.4, 0.5) is 18.0 Å². The van der Waals surface area contributed by atoms with Crippen LogP contribution < -0.4 is 0 Å². The molecule has 0 saturated carbocycles. The van der Waals surface area contributed by atoms with Gasteiger partial charge in [-0.1, -0.05) is 0 Å². The highest BCUT2D eigenvalue weighted by Crippen LogP contribution is 2.26. The highest BCUT2D eigenvalue weighted by atomic mass is 32.2. The lowest BCUT2D eigenvalue weighted by Gasteiger charge is -2.24. The molecule has 13 heteroatoms. The summed E-state index contributed by atoms with van der Waals surface area (Å²) in [7, 11) is -4.28. The second kappa shape index (κ2) is 6.75. The summed E-state index contributed by atoms with van der Waals surface area (Å²) in [6.07, 6.45) is -2.83. The number of rotatable bonds is 3. The number of amides is 1. The molecule has 3 rings (SSSR count). The van der Waals surface area contributed by atoms with Gasteiger partial charge in [0.2, 0.25) is 5.03 Å². The molecule has 0 radical (unpaired) electrons. The minimum absolute atomic E-state index is 0.0638. The van der Waals surface area contributed by atoms with Crippen molar-refractivity contribution in [3.05, 3.63) is 29.2 Å². The first-order valence-electron chi connectivity index (χ1n) is 8.57. The minimum atomic E-state index is -4.53. The molecule has 0 atom stereocenters.